The fraction of sp³-hybridized carbons (Fsp3) is 0.385. The summed E-state index contributed by atoms with van der Waals surface area (Å²) in [6.45, 7) is 2.98. The van der Waals surface area contributed by atoms with Crippen LogP contribution in [0.5, 0.6) is 0 Å². The van der Waals surface area contributed by atoms with Gasteiger partial charge in [0.2, 0.25) is 6.29 Å². The summed E-state index contributed by atoms with van der Waals surface area (Å²) in [5, 5.41) is 8.92. The van der Waals surface area contributed by atoms with Crippen LogP contribution in [0.15, 0.2) is 60.7 Å². The van der Waals surface area contributed by atoms with E-state index < -0.39 is 42.2 Å². The molecule has 8 nitrogen and oxygen atoms in total. The SMILES string of the molecule is CC(OC(=O)Cc1ccccc1)OC(=O)C(CCCC(=O)O)C(C)OC(=O)Cc1ccccc1. The van der Waals surface area contributed by atoms with Gasteiger partial charge < -0.3 is 19.3 Å². The fourth-order valence-corrected chi connectivity index (χ4v) is 3.38. The minimum atomic E-state index is -1.15. The average Bonchev–Trinajstić information content (AvgIpc) is 2.77. The molecule has 0 fully saturated rings. The van der Waals surface area contributed by atoms with E-state index in [0.717, 1.165) is 11.1 Å². The minimum Gasteiger partial charge on any atom is -0.481 e. The molecule has 2 aromatic rings. The Morgan fingerprint density at radius 1 is 0.765 bits per heavy atom. The zero-order valence-corrected chi connectivity index (χ0v) is 19.3. The maximum absolute atomic E-state index is 12.8. The number of carboxylic acids is 1. The summed E-state index contributed by atoms with van der Waals surface area (Å²) < 4.78 is 15.9. The molecule has 0 amide bonds. The number of benzene rings is 2. The van der Waals surface area contributed by atoms with Gasteiger partial charge in [0.15, 0.2) is 0 Å². The molecule has 34 heavy (non-hydrogen) atoms. The summed E-state index contributed by atoms with van der Waals surface area (Å²) in [6.07, 6.45) is -1.76. The molecule has 0 aromatic heterocycles. The molecule has 8 heteroatoms. The van der Waals surface area contributed by atoms with Crippen molar-refractivity contribution in [3.05, 3.63) is 71.8 Å². The molecule has 0 spiro atoms. The van der Waals surface area contributed by atoms with Gasteiger partial charge in [-0.1, -0.05) is 60.7 Å². The van der Waals surface area contributed by atoms with E-state index in [2.05, 4.69) is 0 Å². The van der Waals surface area contributed by atoms with Crippen LogP contribution < -0.4 is 0 Å². The molecule has 0 saturated heterocycles. The van der Waals surface area contributed by atoms with Gasteiger partial charge in [0.05, 0.1) is 18.8 Å². The molecule has 0 heterocycles. The molecule has 0 saturated carbocycles. The minimum absolute atomic E-state index is 0.0261. The zero-order valence-electron chi connectivity index (χ0n) is 19.3. The van der Waals surface area contributed by atoms with Crippen LogP contribution in [-0.2, 0) is 46.2 Å². The number of rotatable bonds is 13. The smallest absolute Gasteiger partial charge is 0.315 e. The van der Waals surface area contributed by atoms with Gasteiger partial charge in [-0.25, -0.2) is 0 Å². The third-order valence-electron chi connectivity index (χ3n) is 5.05. The van der Waals surface area contributed by atoms with Crippen molar-refractivity contribution in [2.75, 3.05) is 0 Å². The Bertz CT molecular complexity index is 942. The van der Waals surface area contributed by atoms with E-state index in [9.17, 15) is 19.2 Å². The standard InChI is InChI=1S/C26H30O8/c1-18(32-24(29)16-20-10-5-3-6-11-20)22(14-9-15-23(27)28)26(31)34-19(2)33-25(30)17-21-12-7-4-8-13-21/h3-8,10-13,18-19,22H,9,14-17H2,1-2H3,(H,27,28). The Morgan fingerprint density at radius 3 is 1.76 bits per heavy atom. The topological polar surface area (TPSA) is 116 Å². The molecule has 3 unspecified atom stereocenters. The highest BCUT2D eigenvalue weighted by Gasteiger charge is 2.31. The first-order valence-electron chi connectivity index (χ1n) is 11.1. The van der Waals surface area contributed by atoms with Crippen LogP contribution in [0.2, 0.25) is 0 Å². The number of esters is 3. The highest BCUT2D eigenvalue weighted by molar-refractivity contribution is 5.76. The lowest BCUT2D eigenvalue weighted by Crippen LogP contribution is -2.35. The second kappa shape index (κ2) is 13.8. The fourth-order valence-electron chi connectivity index (χ4n) is 3.38. The van der Waals surface area contributed by atoms with Crippen LogP contribution in [0.1, 0.15) is 44.2 Å². The first-order chi connectivity index (χ1) is 16.2. The number of ether oxygens (including phenoxy) is 3. The molecule has 2 aromatic carbocycles. The number of hydrogen-bond acceptors (Lipinski definition) is 7. The Kier molecular flexibility index (Phi) is 10.8. The van der Waals surface area contributed by atoms with Gasteiger partial charge in [-0.15, -0.1) is 0 Å². The molecule has 0 aliphatic rings. The molecule has 3 atom stereocenters. The van der Waals surface area contributed by atoms with Gasteiger partial charge in [0.1, 0.15) is 6.10 Å². The number of aliphatic carboxylic acids is 1. The van der Waals surface area contributed by atoms with Gasteiger partial charge in [0.25, 0.3) is 0 Å². The van der Waals surface area contributed by atoms with E-state index in [1.807, 2.05) is 12.1 Å². The van der Waals surface area contributed by atoms with Gasteiger partial charge in [-0.3, -0.25) is 19.2 Å². The van der Waals surface area contributed by atoms with Crippen LogP contribution in [0, 0.1) is 5.92 Å². The highest BCUT2D eigenvalue weighted by atomic mass is 16.7. The van der Waals surface area contributed by atoms with Crippen molar-refractivity contribution in [3.8, 4) is 0 Å². The number of carboxylic acid groups (broad SMARTS) is 1. The number of carbonyl (C=O) groups excluding carboxylic acids is 3. The second-order valence-electron chi connectivity index (χ2n) is 7.91. The molecule has 2 rings (SSSR count). The van der Waals surface area contributed by atoms with Gasteiger partial charge in [-0.2, -0.15) is 0 Å². The Morgan fingerprint density at radius 2 is 1.26 bits per heavy atom. The third kappa shape index (κ3) is 9.85. The van der Waals surface area contributed by atoms with E-state index in [1.165, 1.54) is 6.92 Å². The normalized spacial score (nSPS) is 13.2. The van der Waals surface area contributed by atoms with Crippen LogP contribution in [-0.4, -0.2) is 41.4 Å². The van der Waals surface area contributed by atoms with E-state index in [-0.39, 0.29) is 32.1 Å². The summed E-state index contributed by atoms with van der Waals surface area (Å²) in [4.78, 5) is 48.2. The summed E-state index contributed by atoms with van der Waals surface area (Å²) in [7, 11) is 0. The first kappa shape index (κ1) is 26.6. The Hall–Kier alpha value is -3.68. The van der Waals surface area contributed by atoms with Crippen molar-refractivity contribution in [2.24, 2.45) is 5.92 Å². The molecule has 0 aliphatic heterocycles. The Labute approximate surface area is 198 Å². The predicted molar refractivity (Wildman–Crippen MR) is 122 cm³/mol. The van der Waals surface area contributed by atoms with Crippen LogP contribution in [0.4, 0.5) is 0 Å². The lowest BCUT2D eigenvalue weighted by molar-refractivity contribution is -0.190. The van der Waals surface area contributed by atoms with Crippen LogP contribution in [0.3, 0.4) is 0 Å². The van der Waals surface area contributed by atoms with Crippen molar-refractivity contribution in [3.63, 3.8) is 0 Å². The number of hydrogen-bond donors (Lipinski definition) is 1. The maximum atomic E-state index is 12.8. The van der Waals surface area contributed by atoms with E-state index in [1.54, 1.807) is 55.5 Å². The quantitative estimate of drug-likeness (QED) is 0.348. The van der Waals surface area contributed by atoms with Gasteiger partial charge >= 0.3 is 23.9 Å². The largest absolute Gasteiger partial charge is 0.481 e. The van der Waals surface area contributed by atoms with Crippen molar-refractivity contribution in [1.29, 1.82) is 0 Å². The Balaban J connectivity index is 1.94. The summed E-state index contributed by atoms with van der Waals surface area (Å²) >= 11 is 0. The molecule has 0 aliphatic carbocycles. The molecular formula is C26H30O8. The third-order valence-corrected chi connectivity index (χ3v) is 5.05. The molecule has 0 bridgehead atoms. The lowest BCUT2D eigenvalue weighted by Gasteiger charge is -2.24. The van der Waals surface area contributed by atoms with Crippen molar-refractivity contribution in [1.82, 2.24) is 0 Å². The monoisotopic (exact) mass is 470 g/mol. The average molecular weight is 471 g/mol. The molecule has 182 valence electrons. The first-order valence-corrected chi connectivity index (χ1v) is 11.1. The molecule has 1 N–H and O–H groups in total. The molecule has 0 radical (unpaired) electrons. The summed E-state index contributed by atoms with van der Waals surface area (Å²) in [5.41, 5.74) is 1.53. The van der Waals surface area contributed by atoms with Gasteiger partial charge in [0, 0.05) is 13.3 Å². The van der Waals surface area contributed by atoms with Crippen LogP contribution >= 0.6 is 0 Å². The van der Waals surface area contributed by atoms with Crippen molar-refractivity contribution >= 4 is 23.9 Å². The number of carbonyl (C=O) groups is 4. The van der Waals surface area contributed by atoms with E-state index >= 15 is 0 Å². The molecular weight excluding hydrogens is 440 g/mol. The summed E-state index contributed by atoms with van der Waals surface area (Å²) in [5.74, 6) is -3.71. The van der Waals surface area contributed by atoms with E-state index in [4.69, 9.17) is 19.3 Å². The zero-order chi connectivity index (χ0) is 24.9. The predicted octanol–water partition coefficient (Wildman–Crippen LogP) is 3.71. The van der Waals surface area contributed by atoms with Crippen LogP contribution in [0.25, 0.3) is 0 Å². The maximum Gasteiger partial charge on any atom is 0.315 e. The highest BCUT2D eigenvalue weighted by Crippen LogP contribution is 2.20. The summed E-state index contributed by atoms with van der Waals surface area (Å²) in [6, 6.07) is 18.0. The van der Waals surface area contributed by atoms with Crippen molar-refractivity contribution in [2.45, 2.75) is 58.3 Å². The van der Waals surface area contributed by atoms with E-state index in [0.29, 0.717) is 0 Å². The second-order valence-corrected chi connectivity index (χ2v) is 7.91. The van der Waals surface area contributed by atoms with Gasteiger partial charge in [-0.05, 0) is 30.9 Å². The van der Waals surface area contributed by atoms with Crippen molar-refractivity contribution < 1.29 is 38.5 Å². The lowest BCUT2D eigenvalue weighted by atomic mass is 9.96.